The van der Waals surface area contributed by atoms with Gasteiger partial charge in [0, 0.05) is 49.7 Å². The molecule has 1 aromatic carbocycles. The van der Waals surface area contributed by atoms with Gasteiger partial charge < -0.3 is 20.2 Å². The van der Waals surface area contributed by atoms with Crippen molar-refractivity contribution in [3.63, 3.8) is 0 Å². The fourth-order valence-corrected chi connectivity index (χ4v) is 4.04. The van der Waals surface area contributed by atoms with Crippen LogP contribution in [0.4, 0.5) is 5.69 Å². The normalized spacial score (nSPS) is 24.9. The zero-order chi connectivity index (χ0) is 15.5. The molecule has 2 heterocycles. The Morgan fingerprint density at radius 1 is 1.27 bits per heavy atom. The van der Waals surface area contributed by atoms with Crippen molar-refractivity contribution in [3.8, 4) is 0 Å². The molecule has 22 heavy (non-hydrogen) atoms. The van der Waals surface area contributed by atoms with E-state index in [2.05, 4.69) is 28.2 Å². The van der Waals surface area contributed by atoms with E-state index in [4.69, 9.17) is 0 Å². The molecule has 0 bridgehead atoms. The number of thioether (sulfide) groups is 1. The van der Waals surface area contributed by atoms with Crippen LogP contribution in [-0.4, -0.2) is 66.7 Å². The molecule has 0 spiro atoms. The SMILES string of the molecule is CN1CCN(c2ccccc2C(O)C2SCCNC2=O)CC1. The number of carbonyl (C=O) groups is 1. The van der Waals surface area contributed by atoms with Crippen LogP contribution in [0.25, 0.3) is 0 Å². The number of nitrogens with zero attached hydrogens (tertiary/aromatic N) is 2. The monoisotopic (exact) mass is 321 g/mol. The first kappa shape index (κ1) is 15.6. The van der Waals surface area contributed by atoms with Crippen LogP contribution in [0.1, 0.15) is 11.7 Å². The van der Waals surface area contributed by atoms with Crippen LogP contribution in [0.3, 0.4) is 0 Å². The van der Waals surface area contributed by atoms with Crippen molar-refractivity contribution < 1.29 is 9.90 Å². The third-order valence-electron chi connectivity index (χ3n) is 4.34. The average Bonchev–Trinajstić information content (AvgIpc) is 2.55. The van der Waals surface area contributed by atoms with Gasteiger partial charge in [0.25, 0.3) is 0 Å². The number of carbonyl (C=O) groups excluding carboxylic acids is 1. The Kier molecular flexibility index (Phi) is 4.90. The number of para-hydroxylation sites is 1. The summed E-state index contributed by atoms with van der Waals surface area (Å²) in [5.74, 6) is 0.793. The van der Waals surface area contributed by atoms with Crippen LogP contribution in [0, 0.1) is 0 Å². The van der Waals surface area contributed by atoms with Crippen molar-refractivity contribution in [1.82, 2.24) is 10.2 Å². The van der Waals surface area contributed by atoms with Gasteiger partial charge in [0.1, 0.15) is 11.4 Å². The molecule has 3 rings (SSSR count). The summed E-state index contributed by atoms with van der Waals surface area (Å²) >= 11 is 1.54. The highest BCUT2D eigenvalue weighted by atomic mass is 32.2. The quantitative estimate of drug-likeness (QED) is 0.858. The number of piperazine rings is 1. The van der Waals surface area contributed by atoms with Gasteiger partial charge in [-0.2, -0.15) is 0 Å². The van der Waals surface area contributed by atoms with Gasteiger partial charge >= 0.3 is 0 Å². The smallest absolute Gasteiger partial charge is 0.236 e. The highest BCUT2D eigenvalue weighted by molar-refractivity contribution is 8.00. The van der Waals surface area contributed by atoms with E-state index in [1.807, 2.05) is 18.2 Å². The summed E-state index contributed by atoms with van der Waals surface area (Å²) in [6.07, 6.45) is -0.763. The van der Waals surface area contributed by atoms with Crippen LogP contribution in [0.2, 0.25) is 0 Å². The van der Waals surface area contributed by atoms with E-state index in [1.54, 1.807) is 11.8 Å². The lowest BCUT2D eigenvalue weighted by Crippen LogP contribution is -2.45. The maximum atomic E-state index is 12.0. The summed E-state index contributed by atoms with van der Waals surface area (Å²) in [6, 6.07) is 7.93. The maximum Gasteiger partial charge on any atom is 0.236 e. The Hall–Kier alpha value is -1.24. The predicted molar refractivity (Wildman–Crippen MR) is 90.4 cm³/mol. The van der Waals surface area contributed by atoms with Gasteiger partial charge in [0.2, 0.25) is 5.91 Å². The topological polar surface area (TPSA) is 55.8 Å². The van der Waals surface area contributed by atoms with Crippen LogP contribution >= 0.6 is 11.8 Å². The number of hydrogen-bond acceptors (Lipinski definition) is 5. The Morgan fingerprint density at radius 3 is 2.73 bits per heavy atom. The molecule has 2 saturated heterocycles. The lowest BCUT2D eigenvalue weighted by Gasteiger charge is -2.36. The number of rotatable bonds is 3. The Balaban J connectivity index is 1.82. The number of nitrogens with one attached hydrogen (secondary N) is 1. The van der Waals surface area contributed by atoms with Crippen LogP contribution in [0.5, 0.6) is 0 Å². The molecule has 2 aliphatic heterocycles. The number of aliphatic hydroxyl groups excluding tert-OH is 1. The molecule has 2 atom stereocenters. The van der Waals surface area contributed by atoms with Gasteiger partial charge in [-0.1, -0.05) is 18.2 Å². The summed E-state index contributed by atoms with van der Waals surface area (Å²) < 4.78 is 0. The standard InChI is InChI=1S/C16H23N3O2S/c1-18-7-9-19(10-8-18)13-5-3-2-4-12(13)14(20)15-16(21)17-6-11-22-15/h2-5,14-15,20H,6-11H2,1H3,(H,17,21). The summed E-state index contributed by atoms with van der Waals surface area (Å²) in [4.78, 5) is 16.6. The summed E-state index contributed by atoms with van der Waals surface area (Å²) in [7, 11) is 2.13. The molecular formula is C16H23N3O2S. The van der Waals surface area contributed by atoms with E-state index in [-0.39, 0.29) is 5.91 Å². The fourth-order valence-electron chi connectivity index (χ4n) is 3.01. The zero-order valence-corrected chi connectivity index (χ0v) is 13.7. The minimum Gasteiger partial charge on any atom is -0.387 e. The number of benzene rings is 1. The van der Waals surface area contributed by atoms with Crippen molar-refractivity contribution in [2.45, 2.75) is 11.4 Å². The second-order valence-electron chi connectivity index (χ2n) is 5.88. The molecule has 6 heteroatoms. The number of aliphatic hydroxyl groups is 1. The Morgan fingerprint density at radius 2 is 2.00 bits per heavy atom. The molecule has 0 aliphatic carbocycles. The molecular weight excluding hydrogens is 298 g/mol. The number of likely N-dealkylation sites (N-methyl/N-ethyl adjacent to an activating group) is 1. The average molecular weight is 321 g/mol. The number of amides is 1. The predicted octanol–water partition coefficient (Wildman–Crippen LogP) is 0.703. The van der Waals surface area contributed by atoms with Crippen molar-refractivity contribution >= 4 is 23.4 Å². The second kappa shape index (κ2) is 6.89. The van der Waals surface area contributed by atoms with Crippen LogP contribution in [-0.2, 0) is 4.79 Å². The maximum absolute atomic E-state index is 12.0. The van der Waals surface area contributed by atoms with Crippen molar-refractivity contribution in [2.24, 2.45) is 0 Å². The molecule has 1 amide bonds. The van der Waals surface area contributed by atoms with E-state index < -0.39 is 11.4 Å². The zero-order valence-electron chi connectivity index (χ0n) is 12.9. The fraction of sp³-hybridized carbons (Fsp3) is 0.562. The molecule has 120 valence electrons. The molecule has 1 aromatic rings. The van der Waals surface area contributed by atoms with Gasteiger partial charge in [-0.15, -0.1) is 11.8 Å². The molecule has 0 radical (unpaired) electrons. The lowest BCUT2D eigenvalue weighted by atomic mass is 10.0. The third kappa shape index (κ3) is 3.24. The van der Waals surface area contributed by atoms with Gasteiger partial charge in [-0.05, 0) is 13.1 Å². The lowest BCUT2D eigenvalue weighted by molar-refractivity contribution is -0.122. The van der Waals surface area contributed by atoms with Crippen molar-refractivity contribution in [2.75, 3.05) is 50.4 Å². The molecule has 0 aromatic heterocycles. The van der Waals surface area contributed by atoms with Gasteiger partial charge in [0.05, 0.1) is 0 Å². The van der Waals surface area contributed by atoms with Crippen molar-refractivity contribution in [1.29, 1.82) is 0 Å². The minimum atomic E-state index is -0.763. The Labute approximate surface area is 135 Å². The first-order chi connectivity index (χ1) is 10.7. The van der Waals surface area contributed by atoms with E-state index >= 15 is 0 Å². The number of anilines is 1. The van der Waals surface area contributed by atoms with Crippen LogP contribution in [0.15, 0.2) is 24.3 Å². The molecule has 2 fully saturated rings. The highest BCUT2D eigenvalue weighted by Crippen LogP contribution is 2.34. The van der Waals surface area contributed by atoms with E-state index in [1.165, 1.54) is 0 Å². The first-order valence-electron chi connectivity index (χ1n) is 7.76. The third-order valence-corrected chi connectivity index (χ3v) is 5.61. The highest BCUT2D eigenvalue weighted by Gasteiger charge is 2.33. The minimum absolute atomic E-state index is 0.0584. The number of hydrogen-bond donors (Lipinski definition) is 2. The summed E-state index contributed by atoms with van der Waals surface area (Å²) in [5.41, 5.74) is 1.92. The molecule has 2 N–H and O–H groups in total. The second-order valence-corrected chi connectivity index (χ2v) is 7.13. The molecule has 2 aliphatic rings. The molecule has 5 nitrogen and oxygen atoms in total. The van der Waals surface area contributed by atoms with E-state index in [0.29, 0.717) is 6.54 Å². The Bertz CT molecular complexity index is 532. The van der Waals surface area contributed by atoms with Gasteiger partial charge in [-0.3, -0.25) is 4.79 Å². The molecule has 2 unspecified atom stereocenters. The van der Waals surface area contributed by atoms with Gasteiger partial charge in [0.15, 0.2) is 0 Å². The largest absolute Gasteiger partial charge is 0.387 e. The molecule has 0 saturated carbocycles. The van der Waals surface area contributed by atoms with E-state index in [0.717, 1.165) is 43.2 Å². The van der Waals surface area contributed by atoms with Crippen LogP contribution < -0.4 is 10.2 Å². The summed E-state index contributed by atoms with van der Waals surface area (Å²) in [5, 5.41) is 13.2. The van der Waals surface area contributed by atoms with E-state index in [9.17, 15) is 9.90 Å². The van der Waals surface area contributed by atoms with Crippen molar-refractivity contribution in [3.05, 3.63) is 29.8 Å². The van der Waals surface area contributed by atoms with Gasteiger partial charge in [-0.25, -0.2) is 0 Å². The summed E-state index contributed by atoms with van der Waals surface area (Å²) in [6.45, 7) is 4.62. The first-order valence-corrected chi connectivity index (χ1v) is 8.81.